The number of carboxylic acid groups (broad SMARTS) is 1. The molecule has 0 radical (unpaired) electrons. The molecule has 1 aromatic rings. The van der Waals surface area contributed by atoms with Crippen molar-refractivity contribution in [1.29, 1.82) is 0 Å². The van der Waals surface area contributed by atoms with Gasteiger partial charge in [0.1, 0.15) is 0 Å². The van der Waals surface area contributed by atoms with E-state index < -0.39 is 5.97 Å². The quantitative estimate of drug-likeness (QED) is 0.636. The number of hydrogen-bond acceptors (Lipinski definition) is 1. The van der Waals surface area contributed by atoms with E-state index in [1.165, 1.54) is 12.1 Å². The number of carboxylic acids is 1. The molecule has 0 fully saturated rings. The first-order valence-electron chi connectivity index (χ1n) is 2.91. The van der Waals surface area contributed by atoms with E-state index in [2.05, 4.69) is 0 Å². The van der Waals surface area contributed by atoms with Gasteiger partial charge in [-0.1, -0.05) is 34.8 Å². The second-order valence-electron chi connectivity index (χ2n) is 2.03. The molecule has 0 atom stereocenters. The average molecular weight is 291 g/mol. The molecule has 0 bridgehead atoms. The predicted molar refractivity (Wildman–Crippen MR) is 48.4 cm³/mol. The number of hydrogen-bond donors (Lipinski definition) is 1. The van der Waals surface area contributed by atoms with Crippen LogP contribution < -0.4 is 0 Å². The SMILES string of the molecule is O=C(O)c1ccc(Cl)c(Cl)c1Cl.[Zn]. The number of carbonyl (C=O) groups is 1. The molecule has 0 heterocycles. The summed E-state index contributed by atoms with van der Waals surface area (Å²) >= 11 is 16.8. The summed E-state index contributed by atoms with van der Waals surface area (Å²) in [6.45, 7) is 0. The number of halogens is 3. The molecule has 1 N–H and O–H groups in total. The summed E-state index contributed by atoms with van der Waals surface area (Å²) in [7, 11) is 0. The summed E-state index contributed by atoms with van der Waals surface area (Å²) in [5.74, 6) is -1.13. The maximum atomic E-state index is 10.5. The van der Waals surface area contributed by atoms with Crippen LogP contribution in [0, 0.1) is 0 Å². The molecule has 6 heteroatoms. The van der Waals surface area contributed by atoms with Crippen LogP contribution in [0.3, 0.4) is 0 Å². The van der Waals surface area contributed by atoms with Gasteiger partial charge in [0.15, 0.2) is 0 Å². The zero-order chi connectivity index (χ0) is 9.30. The Bertz CT molecular complexity index is 341. The normalized spacial score (nSPS) is 9.15. The van der Waals surface area contributed by atoms with E-state index in [1.807, 2.05) is 0 Å². The van der Waals surface area contributed by atoms with Gasteiger partial charge < -0.3 is 5.11 Å². The van der Waals surface area contributed by atoms with E-state index in [9.17, 15) is 4.79 Å². The van der Waals surface area contributed by atoms with Crippen LogP contribution in [0.25, 0.3) is 0 Å². The van der Waals surface area contributed by atoms with Gasteiger partial charge in [-0.3, -0.25) is 0 Å². The van der Waals surface area contributed by atoms with E-state index >= 15 is 0 Å². The molecule has 13 heavy (non-hydrogen) atoms. The molecular weight excluding hydrogens is 288 g/mol. The van der Waals surface area contributed by atoms with Crippen molar-refractivity contribution >= 4 is 40.8 Å². The van der Waals surface area contributed by atoms with Gasteiger partial charge in [0.05, 0.1) is 20.6 Å². The molecular formula is C7H3Cl3O2Zn. The second-order valence-corrected chi connectivity index (χ2v) is 3.19. The standard InChI is InChI=1S/C7H3Cl3O2.Zn/c8-4-2-1-3(7(11)12)5(9)6(4)10;/h1-2H,(H,11,12);. The summed E-state index contributed by atoms with van der Waals surface area (Å²) in [6.07, 6.45) is 0. The van der Waals surface area contributed by atoms with E-state index in [1.54, 1.807) is 0 Å². The predicted octanol–water partition coefficient (Wildman–Crippen LogP) is 3.34. The summed E-state index contributed by atoms with van der Waals surface area (Å²) in [5, 5.41) is 8.87. The van der Waals surface area contributed by atoms with Crippen LogP contribution in [-0.2, 0) is 19.5 Å². The Kier molecular flexibility index (Phi) is 5.23. The van der Waals surface area contributed by atoms with Gasteiger partial charge in [-0.05, 0) is 12.1 Å². The van der Waals surface area contributed by atoms with Gasteiger partial charge in [-0.25, -0.2) is 4.79 Å². The van der Waals surface area contributed by atoms with Crippen LogP contribution in [0.5, 0.6) is 0 Å². The largest absolute Gasteiger partial charge is 0.478 e. The fourth-order valence-corrected chi connectivity index (χ4v) is 1.31. The fourth-order valence-electron chi connectivity index (χ4n) is 0.691. The first-order chi connectivity index (χ1) is 5.54. The molecule has 0 aliphatic heterocycles. The molecule has 0 saturated carbocycles. The van der Waals surface area contributed by atoms with Crippen LogP contribution in [0.4, 0.5) is 0 Å². The smallest absolute Gasteiger partial charge is 0.337 e. The summed E-state index contributed by atoms with van der Waals surface area (Å²) in [4.78, 5) is 10.5. The van der Waals surface area contributed by atoms with Crippen molar-refractivity contribution in [3.8, 4) is 0 Å². The minimum atomic E-state index is -1.13. The van der Waals surface area contributed by atoms with Crippen LogP contribution in [0.2, 0.25) is 15.1 Å². The van der Waals surface area contributed by atoms with Crippen molar-refractivity contribution in [2.24, 2.45) is 0 Å². The Morgan fingerprint density at radius 2 is 1.69 bits per heavy atom. The molecule has 1 aromatic carbocycles. The van der Waals surface area contributed by atoms with Crippen molar-refractivity contribution in [3.63, 3.8) is 0 Å². The van der Waals surface area contributed by atoms with E-state index in [-0.39, 0.29) is 40.1 Å². The monoisotopic (exact) mass is 288 g/mol. The Balaban J connectivity index is 0.00000144. The molecule has 66 valence electrons. The molecule has 0 aliphatic carbocycles. The molecule has 0 unspecified atom stereocenters. The third-order valence-electron chi connectivity index (χ3n) is 1.27. The van der Waals surface area contributed by atoms with E-state index in [0.717, 1.165) is 0 Å². The van der Waals surface area contributed by atoms with Gasteiger partial charge >= 0.3 is 5.97 Å². The maximum absolute atomic E-state index is 10.5. The topological polar surface area (TPSA) is 37.3 Å². The Labute approximate surface area is 103 Å². The summed E-state index contributed by atoms with van der Waals surface area (Å²) in [6, 6.07) is 2.69. The zero-order valence-corrected chi connectivity index (χ0v) is 11.6. The first kappa shape index (κ1) is 13.2. The van der Waals surface area contributed by atoms with Crippen LogP contribution >= 0.6 is 34.8 Å². The molecule has 0 amide bonds. The van der Waals surface area contributed by atoms with Gasteiger partial charge in [0.2, 0.25) is 0 Å². The number of aromatic carboxylic acids is 1. The zero-order valence-electron chi connectivity index (χ0n) is 6.35. The molecule has 1 rings (SSSR count). The number of benzene rings is 1. The summed E-state index contributed by atoms with van der Waals surface area (Å²) < 4.78 is 0. The van der Waals surface area contributed by atoms with Gasteiger partial charge in [0, 0.05) is 19.5 Å². The van der Waals surface area contributed by atoms with Crippen molar-refractivity contribution in [2.75, 3.05) is 0 Å². The fraction of sp³-hybridized carbons (Fsp3) is 0. The molecule has 0 aromatic heterocycles. The van der Waals surface area contributed by atoms with Crippen LogP contribution in [0.1, 0.15) is 10.4 Å². The van der Waals surface area contributed by atoms with E-state index in [4.69, 9.17) is 39.9 Å². The summed E-state index contributed by atoms with van der Waals surface area (Å²) in [5.41, 5.74) is -0.0499. The average Bonchev–Trinajstić information content (AvgIpc) is 2.00. The third kappa shape index (κ3) is 2.82. The maximum Gasteiger partial charge on any atom is 0.337 e. The Morgan fingerprint density at radius 1 is 1.15 bits per heavy atom. The van der Waals surface area contributed by atoms with Crippen molar-refractivity contribution in [1.82, 2.24) is 0 Å². The minimum Gasteiger partial charge on any atom is -0.478 e. The van der Waals surface area contributed by atoms with Crippen molar-refractivity contribution < 1.29 is 29.4 Å². The molecule has 2 nitrogen and oxygen atoms in total. The van der Waals surface area contributed by atoms with Gasteiger partial charge in [-0.2, -0.15) is 0 Å². The molecule has 0 aliphatic rings. The molecule has 0 saturated heterocycles. The third-order valence-corrected chi connectivity index (χ3v) is 2.56. The van der Waals surface area contributed by atoms with Crippen molar-refractivity contribution in [2.45, 2.75) is 0 Å². The van der Waals surface area contributed by atoms with Gasteiger partial charge in [0.25, 0.3) is 0 Å². The Morgan fingerprint density at radius 3 is 2.15 bits per heavy atom. The van der Waals surface area contributed by atoms with Crippen LogP contribution in [0.15, 0.2) is 12.1 Å². The van der Waals surface area contributed by atoms with Gasteiger partial charge in [-0.15, -0.1) is 0 Å². The van der Waals surface area contributed by atoms with E-state index in [0.29, 0.717) is 0 Å². The van der Waals surface area contributed by atoms with Crippen molar-refractivity contribution in [3.05, 3.63) is 32.8 Å². The second kappa shape index (κ2) is 5.16. The number of rotatable bonds is 1. The minimum absolute atomic E-state index is 0. The Hall–Kier alpha value is 0.183. The van der Waals surface area contributed by atoms with Crippen LogP contribution in [-0.4, -0.2) is 11.1 Å². The first-order valence-corrected chi connectivity index (χ1v) is 4.04. The molecule has 0 spiro atoms.